The Balaban J connectivity index is 1.65. The SMILES string of the molecule is CN(NC(=O)CCCNC(=O)c1ccsc1)c1ccccc1. The van der Waals surface area contributed by atoms with Crippen LogP contribution in [0.2, 0.25) is 0 Å². The minimum absolute atomic E-state index is 0.0730. The van der Waals surface area contributed by atoms with Gasteiger partial charge in [-0.25, -0.2) is 0 Å². The first-order chi connectivity index (χ1) is 10.7. The van der Waals surface area contributed by atoms with Crippen molar-refractivity contribution in [1.82, 2.24) is 10.7 Å². The molecular formula is C16H19N3O2S. The second-order valence-electron chi connectivity index (χ2n) is 4.80. The fourth-order valence-electron chi connectivity index (χ4n) is 1.91. The van der Waals surface area contributed by atoms with Gasteiger partial charge in [0.15, 0.2) is 0 Å². The second kappa shape index (κ2) is 8.19. The van der Waals surface area contributed by atoms with Crippen molar-refractivity contribution in [1.29, 1.82) is 0 Å². The number of nitrogens with one attached hydrogen (secondary N) is 2. The Labute approximate surface area is 133 Å². The van der Waals surface area contributed by atoms with Gasteiger partial charge in [0.1, 0.15) is 0 Å². The summed E-state index contributed by atoms with van der Waals surface area (Å²) >= 11 is 1.49. The van der Waals surface area contributed by atoms with Crippen LogP contribution >= 0.6 is 11.3 Å². The monoisotopic (exact) mass is 317 g/mol. The molecule has 0 radical (unpaired) electrons. The summed E-state index contributed by atoms with van der Waals surface area (Å²) in [5, 5.41) is 8.15. The van der Waals surface area contributed by atoms with E-state index in [-0.39, 0.29) is 11.8 Å². The molecule has 2 aromatic rings. The average Bonchev–Trinajstić information content (AvgIpc) is 3.06. The van der Waals surface area contributed by atoms with Crippen LogP contribution in [-0.2, 0) is 4.79 Å². The molecule has 0 saturated carbocycles. The number of para-hydroxylation sites is 1. The van der Waals surface area contributed by atoms with Crippen molar-refractivity contribution in [3.05, 3.63) is 52.7 Å². The molecule has 2 rings (SSSR count). The van der Waals surface area contributed by atoms with Gasteiger partial charge in [0.05, 0.1) is 5.69 Å². The van der Waals surface area contributed by atoms with Crippen LogP contribution in [-0.4, -0.2) is 25.4 Å². The Morgan fingerprint density at radius 3 is 2.64 bits per heavy atom. The van der Waals surface area contributed by atoms with E-state index in [4.69, 9.17) is 0 Å². The van der Waals surface area contributed by atoms with Gasteiger partial charge in [0, 0.05) is 31.0 Å². The van der Waals surface area contributed by atoms with Crippen molar-refractivity contribution in [3.63, 3.8) is 0 Å². The molecule has 0 aliphatic heterocycles. The first-order valence-corrected chi connectivity index (χ1v) is 8.00. The maximum Gasteiger partial charge on any atom is 0.252 e. The maximum absolute atomic E-state index is 11.8. The van der Waals surface area contributed by atoms with Crippen molar-refractivity contribution < 1.29 is 9.59 Å². The summed E-state index contributed by atoms with van der Waals surface area (Å²) in [6.07, 6.45) is 0.964. The summed E-state index contributed by atoms with van der Waals surface area (Å²) in [6.45, 7) is 0.483. The molecule has 0 unspecified atom stereocenters. The van der Waals surface area contributed by atoms with E-state index in [9.17, 15) is 9.59 Å². The summed E-state index contributed by atoms with van der Waals surface area (Å²) in [5.74, 6) is -0.167. The molecule has 0 bridgehead atoms. The molecule has 1 aromatic carbocycles. The molecule has 0 fully saturated rings. The number of benzene rings is 1. The predicted octanol–water partition coefficient (Wildman–Crippen LogP) is 2.43. The molecule has 0 spiro atoms. The molecule has 5 nitrogen and oxygen atoms in total. The van der Waals surface area contributed by atoms with Gasteiger partial charge in [-0.2, -0.15) is 11.3 Å². The van der Waals surface area contributed by atoms with Crippen LogP contribution in [0.1, 0.15) is 23.2 Å². The van der Waals surface area contributed by atoms with Gasteiger partial charge >= 0.3 is 0 Å². The molecule has 116 valence electrons. The number of carbonyl (C=O) groups is 2. The van der Waals surface area contributed by atoms with E-state index in [1.165, 1.54) is 11.3 Å². The number of hydrogen-bond acceptors (Lipinski definition) is 4. The highest BCUT2D eigenvalue weighted by molar-refractivity contribution is 7.08. The Bertz CT molecular complexity index is 599. The van der Waals surface area contributed by atoms with E-state index in [2.05, 4.69) is 10.7 Å². The van der Waals surface area contributed by atoms with Crippen LogP contribution in [0.15, 0.2) is 47.2 Å². The maximum atomic E-state index is 11.8. The number of hydrazine groups is 1. The molecule has 1 heterocycles. The van der Waals surface area contributed by atoms with Gasteiger partial charge in [0.2, 0.25) is 5.91 Å². The molecule has 2 amide bonds. The lowest BCUT2D eigenvalue weighted by atomic mass is 10.2. The summed E-state index contributed by atoms with van der Waals surface area (Å²) in [5.41, 5.74) is 4.38. The summed E-state index contributed by atoms with van der Waals surface area (Å²) in [4.78, 5) is 23.5. The van der Waals surface area contributed by atoms with Crippen LogP contribution < -0.4 is 15.8 Å². The Kier molecular flexibility index (Phi) is 5.97. The zero-order valence-electron chi connectivity index (χ0n) is 12.4. The number of nitrogens with zero attached hydrogens (tertiary/aromatic N) is 1. The lowest BCUT2D eigenvalue weighted by Crippen LogP contribution is -2.39. The number of hydrogen-bond donors (Lipinski definition) is 2. The van der Waals surface area contributed by atoms with Crippen LogP contribution in [0.4, 0.5) is 5.69 Å². The molecular weight excluding hydrogens is 298 g/mol. The quantitative estimate of drug-likeness (QED) is 0.609. The third-order valence-corrected chi connectivity index (χ3v) is 3.77. The Morgan fingerprint density at radius 1 is 1.18 bits per heavy atom. The van der Waals surface area contributed by atoms with Crippen LogP contribution in [0, 0.1) is 0 Å². The van der Waals surface area contributed by atoms with Gasteiger partial charge in [-0.05, 0) is 30.0 Å². The van der Waals surface area contributed by atoms with Gasteiger partial charge in [0.25, 0.3) is 5.91 Å². The van der Waals surface area contributed by atoms with E-state index in [1.807, 2.05) is 35.7 Å². The molecule has 1 aromatic heterocycles. The Morgan fingerprint density at radius 2 is 1.95 bits per heavy atom. The van der Waals surface area contributed by atoms with Gasteiger partial charge < -0.3 is 5.32 Å². The molecule has 22 heavy (non-hydrogen) atoms. The molecule has 6 heteroatoms. The fraction of sp³-hybridized carbons (Fsp3) is 0.250. The second-order valence-corrected chi connectivity index (χ2v) is 5.58. The smallest absolute Gasteiger partial charge is 0.252 e. The normalized spacial score (nSPS) is 10.0. The first-order valence-electron chi connectivity index (χ1n) is 7.05. The van der Waals surface area contributed by atoms with Crippen molar-refractivity contribution >= 4 is 28.8 Å². The topological polar surface area (TPSA) is 61.4 Å². The summed E-state index contributed by atoms with van der Waals surface area (Å²) in [7, 11) is 1.80. The minimum Gasteiger partial charge on any atom is -0.352 e. The number of rotatable bonds is 7. The minimum atomic E-state index is -0.0944. The zero-order valence-corrected chi connectivity index (χ0v) is 13.2. The zero-order chi connectivity index (χ0) is 15.8. The summed E-state index contributed by atoms with van der Waals surface area (Å²) < 4.78 is 0. The van der Waals surface area contributed by atoms with Gasteiger partial charge in [-0.15, -0.1) is 0 Å². The standard InChI is InChI=1S/C16H19N3O2S/c1-19(14-6-3-2-4-7-14)18-15(20)8-5-10-17-16(21)13-9-11-22-12-13/h2-4,6-7,9,11-12H,5,8,10H2,1H3,(H,17,21)(H,18,20). The van der Waals surface area contributed by atoms with Crippen LogP contribution in [0.5, 0.6) is 0 Å². The third kappa shape index (κ3) is 4.89. The van der Waals surface area contributed by atoms with Crippen LogP contribution in [0.3, 0.4) is 0 Å². The van der Waals surface area contributed by atoms with E-state index in [1.54, 1.807) is 23.5 Å². The van der Waals surface area contributed by atoms with Crippen molar-refractivity contribution in [3.8, 4) is 0 Å². The highest BCUT2D eigenvalue weighted by atomic mass is 32.1. The number of carbonyl (C=O) groups excluding carboxylic acids is 2. The van der Waals surface area contributed by atoms with Crippen LogP contribution in [0.25, 0.3) is 0 Å². The lowest BCUT2D eigenvalue weighted by Gasteiger charge is -2.20. The van der Waals surface area contributed by atoms with Gasteiger partial charge in [-0.1, -0.05) is 18.2 Å². The number of thiophene rings is 1. The van der Waals surface area contributed by atoms with E-state index in [0.717, 1.165) is 5.69 Å². The molecule has 0 aliphatic rings. The van der Waals surface area contributed by atoms with Crippen molar-refractivity contribution in [2.45, 2.75) is 12.8 Å². The Hall–Kier alpha value is -2.34. The highest BCUT2D eigenvalue weighted by Gasteiger charge is 2.07. The molecule has 0 aliphatic carbocycles. The van der Waals surface area contributed by atoms with Crippen molar-refractivity contribution in [2.24, 2.45) is 0 Å². The number of anilines is 1. The van der Waals surface area contributed by atoms with Crippen molar-refractivity contribution in [2.75, 3.05) is 18.6 Å². The molecule has 0 atom stereocenters. The van der Waals surface area contributed by atoms with E-state index < -0.39 is 0 Å². The van der Waals surface area contributed by atoms with E-state index >= 15 is 0 Å². The molecule has 0 saturated heterocycles. The lowest BCUT2D eigenvalue weighted by molar-refractivity contribution is -0.121. The number of amides is 2. The first kappa shape index (κ1) is 16.0. The third-order valence-electron chi connectivity index (χ3n) is 3.09. The average molecular weight is 317 g/mol. The van der Waals surface area contributed by atoms with E-state index in [0.29, 0.717) is 24.9 Å². The largest absolute Gasteiger partial charge is 0.352 e. The molecule has 2 N–H and O–H groups in total. The summed E-state index contributed by atoms with van der Waals surface area (Å²) in [6, 6.07) is 11.4. The fourth-order valence-corrected chi connectivity index (χ4v) is 2.54. The van der Waals surface area contributed by atoms with Gasteiger partial charge in [-0.3, -0.25) is 20.0 Å². The predicted molar refractivity (Wildman–Crippen MR) is 88.9 cm³/mol. The highest BCUT2D eigenvalue weighted by Crippen LogP contribution is 2.08.